The summed E-state index contributed by atoms with van der Waals surface area (Å²) in [7, 11) is 0. The quantitative estimate of drug-likeness (QED) is 0.683. The molecule has 1 fully saturated rings. The summed E-state index contributed by atoms with van der Waals surface area (Å²) in [6.45, 7) is 7.97. The molecule has 0 bridgehead atoms. The van der Waals surface area contributed by atoms with Gasteiger partial charge in [-0.1, -0.05) is 19.1 Å². The van der Waals surface area contributed by atoms with Crippen LogP contribution in [-0.2, 0) is 4.79 Å². The Hall–Kier alpha value is -0.830. The number of carboxylic acids is 1. The molecule has 92 valence electrons. The minimum absolute atomic E-state index is 0.0955. The van der Waals surface area contributed by atoms with Gasteiger partial charge < -0.3 is 10.4 Å². The van der Waals surface area contributed by atoms with E-state index in [2.05, 4.69) is 18.8 Å². The Labute approximate surface area is 97.9 Å². The molecule has 1 rings (SSSR count). The Morgan fingerprint density at radius 1 is 1.38 bits per heavy atom. The van der Waals surface area contributed by atoms with Crippen LogP contribution in [-0.4, -0.2) is 24.2 Å². The number of hydrogen-bond donors (Lipinski definition) is 2. The summed E-state index contributed by atoms with van der Waals surface area (Å²) < 4.78 is 0. The molecule has 1 aliphatic rings. The Bertz CT molecular complexity index is 242. The Kier molecular flexibility index (Phi) is 5.53. The zero-order valence-corrected chi connectivity index (χ0v) is 10.2. The van der Waals surface area contributed by atoms with E-state index in [1.54, 1.807) is 0 Å². The molecule has 16 heavy (non-hydrogen) atoms. The molecular weight excluding hydrogens is 202 g/mol. The van der Waals surface area contributed by atoms with Crippen molar-refractivity contribution in [2.45, 2.75) is 39.0 Å². The first kappa shape index (κ1) is 13.2. The van der Waals surface area contributed by atoms with Gasteiger partial charge in [-0.05, 0) is 44.6 Å². The van der Waals surface area contributed by atoms with Crippen molar-refractivity contribution in [2.24, 2.45) is 11.8 Å². The van der Waals surface area contributed by atoms with Crippen LogP contribution in [0.1, 0.15) is 39.0 Å². The molecule has 3 heteroatoms. The predicted octanol–water partition coefficient (Wildman–Crippen LogP) is 2.43. The highest BCUT2D eigenvalue weighted by molar-refractivity contribution is 5.69. The van der Waals surface area contributed by atoms with Crippen molar-refractivity contribution >= 4 is 5.97 Å². The van der Waals surface area contributed by atoms with Gasteiger partial charge >= 0.3 is 5.97 Å². The molecule has 0 radical (unpaired) electrons. The SMILES string of the molecule is C=C(CC)CNCC1CCC(C(=O)O)CC1. The van der Waals surface area contributed by atoms with E-state index in [0.29, 0.717) is 5.92 Å². The molecule has 0 amide bonds. The van der Waals surface area contributed by atoms with E-state index >= 15 is 0 Å². The second-order valence-electron chi connectivity index (χ2n) is 4.79. The number of rotatable bonds is 6. The normalized spacial score (nSPS) is 25.3. The Morgan fingerprint density at radius 2 is 2.00 bits per heavy atom. The van der Waals surface area contributed by atoms with Gasteiger partial charge in [0.25, 0.3) is 0 Å². The fraction of sp³-hybridized carbons (Fsp3) is 0.769. The van der Waals surface area contributed by atoms with E-state index in [0.717, 1.165) is 45.2 Å². The average Bonchev–Trinajstić information content (AvgIpc) is 2.29. The largest absolute Gasteiger partial charge is 0.481 e. The molecule has 1 saturated carbocycles. The van der Waals surface area contributed by atoms with Crippen LogP contribution in [0.15, 0.2) is 12.2 Å². The smallest absolute Gasteiger partial charge is 0.306 e. The summed E-state index contributed by atoms with van der Waals surface area (Å²) >= 11 is 0. The zero-order valence-electron chi connectivity index (χ0n) is 10.2. The van der Waals surface area contributed by atoms with Gasteiger partial charge in [0.2, 0.25) is 0 Å². The fourth-order valence-electron chi connectivity index (χ4n) is 2.19. The number of hydrogen-bond acceptors (Lipinski definition) is 2. The molecule has 0 aromatic rings. The van der Waals surface area contributed by atoms with Crippen molar-refractivity contribution in [2.75, 3.05) is 13.1 Å². The summed E-state index contributed by atoms with van der Waals surface area (Å²) in [6, 6.07) is 0. The molecule has 0 aromatic carbocycles. The van der Waals surface area contributed by atoms with Crippen LogP contribution in [0.2, 0.25) is 0 Å². The highest BCUT2D eigenvalue weighted by atomic mass is 16.4. The van der Waals surface area contributed by atoms with E-state index in [9.17, 15) is 4.79 Å². The van der Waals surface area contributed by atoms with Gasteiger partial charge in [-0.2, -0.15) is 0 Å². The van der Waals surface area contributed by atoms with Crippen molar-refractivity contribution in [1.82, 2.24) is 5.32 Å². The molecule has 0 heterocycles. The number of carboxylic acid groups (broad SMARTS) is 1. The molecule has 0 unspecified atom stereocenters. The summed E-state index contributed by atoms with van der Waals surface area (Å²) in [4.78, 5) is 10.8. The van der Waals surface area contributed by atoms with Crippen LogP contribution in [0.4, 0.5) is 0 Å². The van der Waals surface area contributed by atoms with Crippen LogP contribution in [0.25, 0.3) is 0 Å². The van der Waals surface area contributed by atoms with E-state index < -0.39 is 5.97 Å². The lowest BCUT2D eigenvalue weighted by Crippen LogP contribution is -2.29. The van der Waals surface area contributed by atoms with Gasteiger partial charge in [-0.15, -0.1) is 0 Å². The first-order valence-corrected chi connectivity index (χ1v) is 6.23. The predicted molar refractivity (Wildman–Crippen MR) is 65.4 cm³/mol. The van der Waals surface area contributed by atoms with Crippen molar-refractivity contribution < 1.29 is 9.90 Å². The minimum Gasteiger partial charge on any atom is -0.481 e. The van der Waals surface area contributed by atoms with Crippen molar-refractivity contribution in [1.29, 1.82) is 0 Å². The highest BCUT2D eigenvalue weighted by Gasteiger charge is 2.25. The lowest BCUT2D eigenvalue weighted by molar-refractivity contribution is -0.143. The monoisotopic (exact) mass is 225 g/mol. The third-order valence-electron chi connectivity index (χ3n) is 3.50. The number of nitrogens with one attached hydrogen (secondary N) is 1. The standard InChI is InChI=1S/C13H23NO2/c1-3-10(2)8-14-9-11-4-6-12(7-5-11)13(15)16/h11-12,14H,2-9H2,1H3,(H,15,16). The van der Waals surface area contributed by atoms with E-state index in [1.807, 2.05) is 0 Å². The van der Waals surface area contributed by atoms with Gasteiger partial charge in [0.15, 0.2) is 0 Å². The number of aliphatic carboxylic acids is 1. The minimum atomic E-state index is -0.620. The van der Waals surface area contributed by atoms with Crippen molar-refractivity contribution in [3.05, 3.63) is 12.2 Å². The number of carbonyl (C=O) groups is 1. The fourth-order valence-corrected chi connectivity index (χ4v) is 2.19. The average molecular weight is 225 g/mol. The molecule has 0 spiro atoms. The second-order valence-corrected chi connectivity index (χ2v) is 4.79. The van der Waals surface area contributed by atoms with Crippen molar-refractivity contribution in [3.8, 4) is 0 Å². The van der Waals surface area contributed by atoms with Gasteiger partial charge in [-0.3, -0.25) is 4.79 Å². The van der Waals surface area contributed by atoms with Gasteiger partial charge in [0, 0.05) is 6.54 Å². The third-order valence-corrected chi connectivity index (χ3v) is 3.50. The molecule has 0 atom stereocenters. The first-order valence-electron chi connectivity index (χ1n) is 6.23. The molecule has 0 saturated heterocycles. The van der Waals surface area contributed by atoms with E-state index in [1.165, 1.54) is 5.57 Å². The Morgan fingerprint density at radius 3 is 2.50 bits per heavy atom. The van der Waals surface area contributed by atoms with Gasteiger partial charge in [-0.25, -0.2) is 0 Å². The second kappa shape index (κ2) is 6.69. The molecule has 0 aliphatic heterocycles. The van der Waals surface area contributed by atoms with Crippen LogP contribution < -0.4 is 5.32 Å². The summed E-state index contributed by atoms with van der Waals surface area (Å²) in [5.74, 6) is -0.0621. The maximum Gasteiger partial charge on any atom is 0.306 e. The first-order chi connectivity index (χ1) is 7.63. The highest BCUT2D eigenvalue weighted by Crippen LogP contribution is 2.28. The lowest BCUT2D eigenvalue weighted by atomic mass is 9.82. The topological polar surface area (TPSA) is 49.3 Å². The summed E-state index contributed by atoms with van der Waals surface area (Å²) in [5, 5.41) is 12.3. The van der Waals surface area contributed by atoms with Gasteiger partial charge in [0.1, 0.15) is 0 Å². The molecule has 3 nitrogen and oxygen atoms in total. The molecule has 1 aliphatic carbocycles. The van der Waals surface area contributed by atoms with Crippen LogP contribution in [0, 0.1) is 11.8 Å². The maximum atomic E-state index is 10.8. The van der Waals surface area contributed by atoms with Crippen LogP contribution in [0.5, 0.6) is 0 Å². The summed E-state index contributed by atoms with van der Waals surface area (Å²) in [6.07, 6.45) is 4.80. The summed E-state index contributed by atoms with van der Waals surface area (Å²) in [5.41, 5.74) is 1.24. The van der Waals surface area contributed by atoms with E-state index in [4.69, 9.17) is 5.11 Å². The maximum absolute atomic E-state index is 10.8. The van der Waals surface area contributed by atoms with Crippen molar-refractivity contribution in [3.63, 3.8) is 0 Å². The van der Waals surface area contributed by atoms with Gasteiger partial charge in [0.05, 0.1) is 5.92 Å². The molecular formula is C13H23NO2. The molecule has 2 N–H and O–H groups in total. The zero-order chi connectivity index (χ0) is 12.0. The lowest BCUT2D eigenvalue weighted by Gasteiger charge is -2.26. The molecule has 0 aromatic heterocycles. The third kappa shape index (κ3) is 4.35. The Balaban J connectivity index is 2.13. The van der Waals surface area contributed by atoms with Crippen LogP contribution >= 0.6 is 0 Å². The van der Waals surface area contributed by atoms with E-state index in [-0.39, 0.29) is 5.92 Å². The van der Waals surface area contributed by atoms with Crippen LogP contribution in [0.3, 0.4) is 0 Å².